The third-order valence-electron chi connectivity index (χ3n) is 4.43. The summed E-state index contributed by atoms with van der Waals surface area (Å²) in [7, 11) is -2.13. The molecule has 1 amide bonds. The third kappa shape index (κ3) is 4.25. The quantitative estimate of drug-likeness (QED) is 0.743. The van der Waals surface area contributed by atoms with E-state index in [4.69, 9.17) is 4.74 Å². The van der Waals surface area contributed by atoms with Crippen LogP contribution >= 0.6 is 0 Å². The van der Waals surface area contributed by atoms with E-state index in [1.807, 2.05) is 0 Å². The van der Waals surface area contributed by atoms with Crippen LogP contribution in [0.5, 0.6) is 5.75 Å². The highest BCUT2D eigenvalue weighted by atomic mass is 32.2. The van der Waals surface area contributed by atoms with Crippen LogP contribution in [0.25, 0.3) is 0 Å². The summed E-state index contributed by atoms with van der Waals surface area (Å²) in [5, 5.41) is 0. The van der Waals surface area contributed by atoms with Crippen molar-refractivity contribution >= 4 is 15.9 Å². The largest absolute Gasteiger partial charge is 0.494 e. The predicted molar refractivity (Wildman–Crippen MR) is 97.3 cm³/mol. The standard InChI is InChI=1S/C18H20FN3O4S/c1-26-17-7-6-13(9-16(17)19)18(23)21-11-15(12-21)22(27(2,24)25)10-14-5-3-4-8-20-14/h3-9,15H,10-12H2,1-2H3. The highest BCUT2D eigenvalue weighted by Crippen LogP contribution is 2.24. The van der Waals surface area contributed by atoms with Crippen molar-refractivity contribution in [3.63, 3.8) is 0 Å². The molecule has 1 fully saturated rings. The lowest BCUT2D eigenvalue weighted by atomic mass is 10.1. The average Bonchev–Trinajstić information content (AvgIpc) is 2.59. The first kappa shape index (κ1) is 19.2. The Kier molecular flexibility index (Phi) is 5.43. The topological polar surface area (TPSA) is 79.8 Å². The molecule has 1 aliphatic rings. The van der Waals surface area contributed by atoms with Crippen LogP contribution in [0.3, 0.4) is 0 Å². The molecule has 2 heterocycles. The molecule has 2 aromatic rings. The molecule has 9 heteroatoms. The Labute approximate surface area is 157 Å². The summed E-state index contributed by atoms with van der Waals surface area (Å²) in [6, 6.07) is 8.96. The van der Waals surface area contributed by atoms with Crippen molar-refractivity contribution in [3.8, 4) is 5.75 Å². The number of aromatic nitrogens is 1. The van der Waals surface area contributed by atoms with Crippen LogP contribution in [0.15, 0.2) is 42.6 Å². The number of carbonyl (C=O) groups excluding carboxylic acids is 1. The molecule has 0 saturated carbocycles. The van der Waals surface area contributed by atoms with Crippen molar-refractivity contribution in [2.75, 3.05) is 26.5 Å². The molecule has 0 aliphatic carbocycles. The number of benzene rings is 1. The smallest absolute Gasteiger partial charge is 0.254 e. The number of nitrogens with zero attached hydrogens (tertiary/aromatic N) is 3. The summed E-state index contributed by atoms with van der Waals surface area (Å²) in [5.41, 5.74) is 0.826. The highest BCUT2D eigenvalue weighted by Gasteiger charge is 2.39. The van der Waals surface area contributed by atoms with Gasteiger partial charge in [0.15, 0.2) is 11.6 Å². The van der Waals surface area contributed by atoms with E-state index in [1.54, 1.807) is 24.4 Å². The molecule has 0 unspecified atom stereocenters. The zero-order valence-corrected chi connectivity index (χ0v) is 15.8. The molecule has 144 valence electrons. The van der Waals surface area contributed by atoms with E-state index in [-0.39, 0.29) is 42.9 Å². The van der Waals surface area contributed by atoms with Crippen LogP contribution in [0.2, 0.25) is 0 Å². The summed E-state index contributed by atoms with van der Waals surface area (Å²) in [5.74, 6) is -0.904. The van der Waals surface area contributed by atoms with E-state index < -0.39 is 15.8 Å². The highest BCUT2D eigenvalue weighted by molar-refractivity contribution is 7.88. The van der Waals surface area contributed by atoms with Crippen molar-refractivity contribution in [2.45, 2.75) is 12.6 Å². The molecule has 0 bridgehead atoms. The monoisotopic (exact) mass is 393 g/mol. The molecule has 0 atom stereocenters. The van der Waals surface area contributed by atoms with Gasteiger partial charge in [0, 0.05) is 24.8 Å². The second-order valence-corrected chi connectivity index (χ2v) is 8.28. The molecule has 3 rings (SSSR count). The van der Waals surface area contributed by atoms with Crippen molar-refractivity contribution in [3.05, 3.63) is 59.7 Å². The van der Waals surface area contributed by atoms with Gasteiger partial charge in [0.1, 0.15) is 0 Å². The summed E-state index contributed by atoms with van der Waals surface area (Å²) in [6.45, 7) is 0.627. The fourth-order valence-electron chi connectivity index (χ4n) is 2.95. The number of pyridine rings is 1. The average molecular weight is 393 g/mol. The number of likely N-dealkylation sites (tertiary alicyclic amines) is 1. The zero-order valence-electron chi connectivity index (χ0n) is 15.0. The van der Waals surface area contributed by atoms with Crippen molar-refractivity contribution in [1.29, 1.82) is 0 Å². The van der Waals surface area contributed by atoms with Gasteiger partial charge in [-0.2, -0.15) is 4.31 Å². The number of hydrogen-bond acceptors (Lipinski definition) is 5. The number of carbonyl (C=O) groups is 1. The van der Waals surface area contributed by atoms with E-state index in [9.17, 15) is 17.6 Å². The lowest BCUT2D eigenvalue weighted by Gasteiger charge is -2.44. The van der Waals surface area contributed by atoms with Gasteiger partial charge in [-0.3, -0.25) is 9.78 Å². The minimum absolute atomic E-state index is 0.0617. The summed E-state index contributed by atoms with van der Waals surface area (Å²) < 4.78 is 44.3. The van der Waals surface area contributed by atoms with E-state index in [1.165, 1.54) is 28.4 Å². The Morgan fingerprint density at radius 1 is 1.33 bits per heavy atom. The van der Waals surface area contributed by atoms with Crippen LogP contribution in [0, 0.1) is 5.82 Å². The van der Waals surface area contributed by atoms with Crippen LogP contribution in [0.1, 0.15) is 16.1 Å². The Hall–Kier alpha value is -2.52. The van der Waals surface area contributed by atoms with Crippen molar-refractivity contribution < 1.29 is 22.3 Å². The Morgan fingerprint density at radius 2 is 2.07 bits per heavy atom. The Morgan fingerprint density at radius 3 is 2.63 bits per heavy atom. The van der Waals surface area contributed by atoms with Crippen molar-refractivity contribution in [2.24, 2.45) is 0 Å². The first-order valence-electron chi connectivity index (χ1n) is 8.29. The second-order valence-electron chi connectivity index (χ2n) is 6.34. The summed E-state index contributed by atoms with van der Waals surface area (Å²) in [6.07, 6.45) is 2.74. The molecule has 7 nitrogen and oxygen atoms in total. The maximum Gasteiger partial charge on any atom is 0.254 e. The van der Waals surface area contributed by atoms with E-state index >= 15 is 0 Å². The summed E-state index contributed by atoms with van der Waals surface area (Å²) >= 11 is 0. The van der Waals surface area contributed by atoms with Crippen LogP contribution in [-0.4, -0.2) is 61.0 Å². The van der Waals surface area contributed by atoms with Gasteiger partial charge in [-0.15, -0.1) is 0 Å². The molecule has 1 saturated heterocycles. The molecule has 0 radical (unpaired) electrons. The molecule has 1 aromatic carbocycles. The molecule has 1 aliphatic heterocycles. The lowest BCUT2D eigenvalue weighted by Crippen LogP contribution is -2.61. The Bertz CT molecular complexity index is 931. The number of halogens is 1. The first-order chi connectivity index (χ1) is 12.8. The number of ether oxygens (including phenoxy) is 1. The maximum atomic E-state index is 13.8. The maximum absolute atomic E-state index is 13.8. The predicted octanol–water partition coefficient (Wildman–Crippen LogP) is 1.52. The van der Waals surface area contributed by atoms with Gasteiger partial charge in [0.25, 0.3) is 5.91 Å². The number of hydrogen-bond donors (Lipinski definition) is 0. The van der Waals surface area contributed by atoms with Gasteiger partial charge >= 0.3 is 0 Å². The minimum Gasteiger partial charge on any atom is -0.494 e. The first-order valence-corrected chi connectivity index (χ1v) is 10.1. The number of sulfonamides is 1. The van der Waals surface area contributed by atoms with Crippen molar-refractivity contribution in [1.82, 2.24) is 14.2 Å². The molecular weight excluding hydrogens is 373 g/mol. The fourth-order valence-corrected chi connectivity index (χ4v) is 4.00. The Balaban J connectivity index is 1.69. The number of amides is 1. The van der Waals surface area contributed by atoms with Gasteiger partial charge in [-0.05, 0) is 30.3 Å². The normalized spacial score (nSPS) is 14.9. The van der Waals surface area contributed by atoms with Gasteiger partial charge in [0.05, 0.1) is 31.6 Å². The molecule has 0 spiro atoms. The zero-order chi connectivity index (χ0) is 19.6. The molecule has 1 aromatic heterocycles. The molecule has 27 heavy (non-hydrogen) atoms. The molecule has 0 N–H and O–H groups in total. The summed E-state index contributed by atoms with van der Waals surface area (Å²) in [4.78, 5) is 18.1. The van der Waals surface area contributed by atoms with E-state index in [2.05, 4.69) is 4.98 Å². The van der Waals surface area contributed by atoms with Crippen LogP contribution < -0.4 is 4.74 Å². The second kappa shape index (κ2) is 7.61. The third-order valence-corrected chi connectivity index (χ3v) is 5.70. The SMILES string of the molecule is COc1ccc(C(=O)N2CC(N(Cc3ccccn3)S(C)(=O)=O)C2)cc1F. The fraction of sp³-hybridized carbons (Fsp3) is 0.333. The number of rotatable bonds is 6. The lowest BCUT2D eigenvalue weighted by molar-refractivity contribution is 0.0442. The molecular formula is C18H20FN3O4S. The van der Waals surface area contributed by atoms with Gasteiger partial charge in [-0.1, -0.05) is 6.07 Å². The van der Waals surface area contributed by atoms with Gasteiger partial charge < -0.3 is 9.64 Å². The van der Waals surface area contributed by atoms with Crippen LogP contribution in [0.4, 0.5) is 4.39 Å². The van der Waals surface area contributed by atoms with Crippen LogP contribution in [-0.2, 0) is 16.6 Å². The van der Waals surface area contributed by atoms with Gasteiger partial charge in [0.2, 0.25) is 10.0 Å². The van der Waals surface area contributed by atoms with Gasteiger partial charge in [-0.25, -0.2) is 12.8 Å². The minimum atomic E-state index is -3.47. The van der Waals surface area contributed by atoms with E-state index in [0.29, 0.717) is 5.69 Å². The van der Waals surface area contributed by atoms with E-state index in [0.717, 1.165) is 12.3 Å². The number of methoxy groups -OCH3 is 1.